The molecule has 8 nitrogen and oxygen atoms in total. The first kappa shape index (κ1) is 29.9. The van der Waals surface area contributed by atoms with E-state index < -0.39 is 0 Å². The highest BCUT2D eigenvalue weighted by atomic mass is 16.5. The van der Waals surface area contributed by atoms with E-state index in [2.05, 4.69) is 17.0 Å². The Morgan fingerprint density at radius 3 is 2.09 bits per heavy atom. The molecule has 1 spiro atoms. The molecule has 3 aromatic carbocycles. The molecule has 8 heteroatoms. The summed E-state index contributed by atoms with van der Waals surface area (Å²) < 4.78 is 17.7. The molecule has 0 bridgehead atoms. The lowest BCUT2D eigenvalue weighted by Crippen LogP contribution is -2.55. The molecule has 6 rings (SSSR count). The van der Waals surface area contributed by atoms with Crippen LogP contribution in [0.5, 0.6) is 11.5 Å². The van der Waals surface area contributed by atoms with Gasteiger partial charge >= 0.3 is 5.97 Å². The maximum atomic E-state index is 13.2. The summed E-state index contributed by atoms with van der Waals surface area (Å²) >= 11 is 0. The number of hydrogen-bond acceptors (Lipinski definition) is 7. The Bertz CT molecular complexity index is 1490. The highest BCUT2D eigenvalue weighted by molar-refractivity contribution is 6.21. The summed E-state index contributed by atoms with van der Waals surface area (Å²) in [5.41, 5.74) is 3.96. The molecular formula is C36H40N2O6. The normalized spacial score (nSPS) is 21.2. The van der Waals surface area contributed by atoms with Crippen molar-refractivity contribution in [3.63, 3.8) is 0 Å². The first-order valence-electron chi connectivity index (χ1n) is 15.8. The number of imide groups is 1. The highest BCUT2D eigenvalue weighted by Gasteiger charge is 2.47. The number of carbonyl (C=O) groups excluding carboxylic acids is 3. The lowest BCUT2D eigenvalue weighted by atomic mass is 9.68. The number of esters is 1. The fourth-order valence-corrected chi connectivity index (χ4v) is 7.17. The van der Waals surface area contributed by atoms with Crippen LogP contribution in [0.3, 0.4) is 0 Å². The maximum absolute atomic E-state index is 13.2. The van der Waals surface area contributed by atoms with Crippen LogP contribution in [-0.4, -0.2) is 60.4 Å². The number of fused-ring (bicyclic) bond motifs is 3. The standard InChI is InChI=1S/C36H40N2O6/c1-3-42-31-22-27-16-19-37(20-21-38-33(39)28-12-8-9-13-29(28)34(38)40)36(30(27)23-32(31)43-4-2)17-14-26(15-18-36)35(41)44-24-25-10-6-5-7-11-25/h5-13,22-23,26H,3-4,14-21,24H2,1-2H3/t26-,36-. The number of amides is 2. The minimum atomic E-state index is -0.362. The lowest BCUT2D eigenvalue weighted by Gasteiger charge is -2.52. The van der Waals surface area contributed by atoms with E-state index in [1.807, 2.05) is 44.2 Å². The van der Waals surface area contributed by atoms with E-state index in [0.717, 1.165) is 42.9 Å². The Hall–Kier alpha value is -4.17. The average Bonchev–Trinajstić information content (AvgIpc) is 3.30. The number of benzene rings is 3. The molecule has 1 fully saturated rings. The number of nitrogens with zero attached hydrogens (tertiary/aromatic N) is 2. The summed E-state index contributed by atoms with van der Waals surface area (Å²) in [5, 5.41) is 0. The zero-order chi connectivity index (χ0) is 30.7. The minimum absolute atomic E-state index is 0.154. The topological polar surface area (TPSA) is 85.4 Å². The molecule has 44 heavy (non-hydrogen) atoms. The molecule has 1 aliphatic carbocycles. The zero-order valence-corrected chi connectivity index (χ0v) is 25.6. The largest absolute Gasteiger partial charge is 0.490 e. The van der Waals surface area contributed by atoms with Gasteiger partial charge < -0.3 is 14.2 Å². The van der Waals surface area contributed by atoms with E-state index in [9.17, 15) is 14.4 Å². The van der Waals surface area contributed by atoms with Crippen LogP contribution in [-0.2, 0) is 28.1 Å². The summed E-state index contributed by atoms with van der Waals surface area (Å²) in [6.07, 6.45) is 3.70. The number of ether oxygens (including phenoxy) is 3. The molecule has 0 unspecified atom stereocenters. The zero-order valence-electron chi connectivity index (χ0n) is 25.6. The van der Waals surface area contributed by atoms with Crippen molar-refractivity contribution in [1.29, 1.82) is 0 Å². The third kappa shape index (κ3) is 5.59. The van der Waals surface area contributed by atoms with Crippen LogP contribution in [0.15, 0.2) is 66.7 Å². The van der Waals surface area contributed by atoms with Crippen molar-refractivity contribution in [3.8, 4) is 11.5 Å². The Morgan fingerprint density at radius 2 is 1.45 bits per heavy atom. The summed E-state index contributed by atoms with van der Waals surface area (Å²) in [7, 11) is 0. The van der Waals surface area contributed by atoms with Gasteiger partial charge in [0.25, 0.3) is 11.8 Å². The van der Waals surface area contributed by atoms with Crippen molar-refractivity contribution in [3.05, 3.63) is 94.5 Å². The smallest absolute Gasteiger partial charge is 0.309 e. The number of hydrogen-bond donors (Lipinski definition) is 0. The van der Waals surface area contributed by atoms with Crippen molar-refractivity contribution in [2.24, 2.45) is 5.92 Å². The van der Waals surface area contributed by atoms with Gasteiger partial charge in [-0.15, -0.1) is 0 Å². The fraction of sp³-hybridized carbons (Fsp3) is 0.417. The second-order valence-electron chi connectivity index (χ2n) is 11.8. The third-order valence-electron chi connectivity index (χ3n) is 9.37. The molecule has 230 valence electrons. The van der Waals surface area contributed by atoms with Crippen LogP contribution in [0.1, 0.15) is 76.9 Å². The molecule has 0 radical (unpaired) electrons. The van der Waals surface area contributed by atoms with Gasteiger partial charge in [-0.3, -0.25) is 24.2 Å². The van der Waals surface area contributed by atoms with E-state index in [1.54, 1.807) is 24.3 Å². The molecule has 3 aliphatic rings. The van der Waals surface area contributed by atoms with Gasteiger partial charge in [-0.05, 0) is 86.9 Å². The summed E-state index contributed by atoms with van der Waals surface area (Å²) in [6, 6.07) is 21.0. The van der Waals surface area contributed by atoms with Crippen LogP contribution in [0.2, 0.25) is 0 Å². The van der Waals surface area contributed by atoms with Gasteiger partial charge in [0.2, 0.25) is 0 Å². The molecular weight excluding hydrogens is 556 g/mol. The minimum Gasteiger partial charge on any atom is -0.490 e. The molecule has 0 N–H and O–H groups in total. The van der Waals surface area contributed by atoms with Crippen LogP contribution < -0.4 is 9.47 Å². The Balaban J connectivity index is 1.25. The van der Waals surface area contributed by atoms with Crippen LogP contribution in [0.4, 0.5) is 0 Å². The average molecular weight is 597 g/mol. The first-order chi connectivity index (χ1) is 21.4. The van der Waals surface area contributed by atoms with E-state index in [0.29, 0.717) is 50.3 Å². The van der Waals surface area contributed by atoms with E-state index in [1.165, 1.54) is 16.0 Å². The van der Waals surface area contributed by atoms with Crippen molar-refractivity contribution < 1.29 is 28.6 Å². The van der Waals surface area contributed by atoms with E-state index in [4.69, 9.17) is 14.2 Å². The van der Waals surface area contributed by atoms with Crippen molar-refractivity contribution in [2.75, 3.05) is 32.8 Å². The van der Waals surface area contributed by atoms with Gasteiger partial charge in [-0.25, -0.2) is 0 Å². The van der Waals surface area contributed by atoms with Gasteiger partial charge in [0, 0.05) is 25.2 Å². The lowest BCUT2D eigenvalue weighted by molar-refractivity contribution is -0.152. The number of carbonyl (C=O) groups is 3. The molecule has 0 atom stereocenters. The van der Waals surface area contributed by atoms with Crippen molar-refractivity contribution in [1.82, 2.24) is 9.80 Å². The van der Waals surface area contributed by atoms with Gasteiger partial charge in [0.05, 0.1) is 30.3 Å². The second-order valence-corrected chi connectivity index (χ2v) is 11.8. The molecule has 2 aliphatic heterocycles. The fourth-order valence-electron chi connectivity index (χ4n) is 7.17. The predicted octanol–water partition coefficient (Wildman–Crippen LogP) is 5.77. The Labute approximate surface area is 258 Å². The number of rotatable bonds is 10. The quantitative estimate of drug-likeness (QED) is 0.217. The van der Waals surface area contributed by atoms with Gasteiger partial charge in [-0.2, -0.15) is 0 Å². The van der Waals surface area contributed by atoms with Gasteiger partial charge in [-0.1, -0.05) is 42.5 Å². The molecule has 2 amide bonds. The Kier molecular flexibility index (Phi) is 8.71. The molecule has 3 aromatic rings. The second kappa shape index (κ2) is 12.8. The van der Waals surface area contributed by atoms with Crippen LogP contribution >= 0.6 is 0 Å². The van der Waals surface area contributed by atoms with Crippen LogP contribution in [0, 0.1) is 5.92 Å². The van der Waals surface area contributed by atoms with Crippen molar-refractivity contribution >= 4 is 17.8 Å². The molecule has 2 heterocycles. The molecule has 0 saturated heterocycles. The molecule has 1 saturated carbocycles. The summed E-state index contributed by atoms with van der Waals surface area (Å²) in [4.78, 5) is 43.3. The summed E-state index contributed by atoms with van der Waals surface area (Å²) in [5.74, 6) is 0.671. The molecule has 0 aromatic heterocycles. The summed E-state index contributed by atoms with van der Waals surface area (Å²) in [6.45, 7) is 6.90. The van der Waals surface area contributed by atoms with Crippen LogP contribution in [0.25, 0.3) is 0 Å². The van der Waals surface area contributed by atoms with Gasteiger partial charge in [0.1, 0.15) is 6.61 Å². The monoisotopic (exact) mass is 596 g/mol. The van der Waals surface area contributed by atoms with Crippen molar-refractivity contribution in [2.45, 2.75) is 58.1 Å². The maximum Gasteiger partial charge on any atom is 0.309 e. The van der Waals surface area contributed by atoms with E-state index in [-0.39, 0.29) is 35.8 Å². The first-order valence-corrected chi connectivity index (χ1v) is 15.8. The Morgan fingerprint density at radius 1 is 0.841 bits per heavy atom. The third-order valence-corrected chi connectivity index (χ3v) is 9.37. The predicted molar refractivity (Wildman–Crippen MR) is 166 cm³/mol. The highest BCUT2D eigenvalue weighted by Crippen LogP contribution is 2.50. The SMILES string of the molecule is CCOc1cc2c(cc1OCC)[C@]1(CC[C@@H](C(=O)OCc3ccccc3)CC1)N(CCN1C(=O)c3ccccc3C1=O)CC2. The van der Waals surface area contributed by atoms with Gasteiger partial charge in [0.15, 0.2) is 11.5 Å². The van der Waals surface area contributed by atoms with E-state index >= 15 is 0 Å².